The van der Waals surface area contributed by atoms with Gasteiger partial charge in [0.05, 0.1) is 0 Å². The standard InChI is InChI=1S/C24H23N3S/c1-17-11-13-19(14-12-17)27-24(28)26-15-21(18-7-3-2-4-8-18)22-16-25-23-10-6-5-9-20(22)23/h2-14,16,21,25H,15H2,1H3,(H2,26,27,28)/t21-/m0/s1. The Kier molecular flexibility index (Phi) is 5.40. The van der Waals surface area contributed by atoms with Crippen LogP contribution in [-0.2, 0) is 0 Å². The summed E-state index contributed by atoms with van der Waals surface area (Å²) in [7, 11) is 0. The number of hydrogen-bond donors (Lipinski definition) is 3. The second kappa shape index (κ2) is 8.28. The van der Waals surface area contributed by atoms with E-state index in [0.717, 1.165) is 11.2 Å². The van der Waals surface area contributed by atoms with Gasteiger partial charge in [0.2, 0.25) is 0 Å². The lowest BCUT2D eigenvalue weighted by atomic mass is 9.91. The van der Waals surface area contributed by atoms with E-state index in [0.29, 0.717) is 11.7 Å². The van der Waals surface area contributed by atoms with Crippen LogP contribution in [-0.4, -0.2) is 16.6 Å². The van der Waals surface area contributed by atoms with Crippen LogP contribution in [0.5, 0.6) is 0 Å². The summed E-state index contributed by atoms with van der Waals surface area (Å²) in [5.41, 5.74) is 5.91. The number of H-pyrrole nitrogens is 1. The summed E-state index contributed by atoms with van der Waals surface area (Å²) in [6.07, 6.45) is 2.11. The topological polar surface area (TPSA) is 39.8 Å². The number of nitrogens with one attached hydrogen (secondary N) is 3. The molecule has 1 aromatic heterocycles. The maximum Gasteiger partial charge on any atom is 0.170 e. The average Bonchev–Trinajstić information content (AvgIpc) is 3.15. The highest BCUT2D eigenvalue weighted by molar-refractivity contribution is 7.80. The Balaban J connectivity index is 1.55. The van der Waals surface area contributed by atoms with Gasteiger partial charge in [0.1, 0.15) is 0 Å². The Labute approximate surface area is 170 Å². The van der Waals surface area contributed by atoms with E-state index in [1.807, 2.05) is 18.2 Å². The molecule has 4 rings (SSSR count). The summed E-state index contributed by atoms with van der Waals surface area (Å²) in [5.74, 6) is 0.190. The summed E-state index contributed by atoms with van der Waals surface area (Å²) in [6, 6.07) is 27.2. The van der Waals surface area contributed by atoms with Crippen molar-refractivity contribution >= 4 is 33.9 Å². The Bertz CT molecular complexity index is 1070. The summed E-state index contributed by atoms with van der Waals surface area (Å²) < 4.78 is 0. The van der Waals surface area contributed by atoms with Crippen molar-refractivity contribution in [3.63, 3.8) is 0 Å². The van der Waals surface area contributed by atoms with Gasteiger partial charge < -0.3 is 15.6 Å². The van der Waals surface area contributed by atoms with Crippen LogP contribution in [0.1, 0.15) is 22.6 Å². The minimum Gasteiger partial charge on any atom is -0.361 e. The number of benzene rings is 3. The molecule has 3 aromatic carbocycles. The van der Waals surface area contributed by atoms with Gasteiger partial charge in [-0.1, -0.05) is 66.2 Å². The van der Waals surface area contributed by atoms with Crippen LogP contribution in [0.15, 0.2) is 85.1 Å². The molecule has 0 aliphatic rings. The van der Waals surface area contributed by atoms with Crippen LogP contribution in [0.2, 0.25) is 0 Å². The number of aryl methyl sites for hydroxylation is 1. The highest BCUT2D eigenvalue weighted by Crippen LogP contribution is 2.30. The van der Waals surface area contributed by atoms with Crippen molar-refractivity contribution in [3.8, 4) is 0 Å². The van der Waals surface area contributed by atoms with Gasteiger partial charge in [0.15, 0.2) is 5.11 Å². The molecule has 0 bridgehead atoms. The van der Waals surface area contributed by atoms with Crippen LogP contribution in [0, 0.1) is 6.92 Å². The number of fused-ring (bicyclic) bond motifs is 1. The molecule has 4 aromatic rings. The molecule has 0 saturated heterocycles. The third kappa shape index (κ3) is 4.07. The zero-order valence-electron chi connectivity index (χ0n) is 15.8. The quantitative estimate of drug-likeness (QED) is 0.392. The van der Waals surface area contributed by atoms with E-state index < -0.39 is 0 Å². The van der Waals surface area contributed by atoms with Crippen molar-refractivity contribution in [1.82, 2.24) is 10.3 Å². The van der Waals surface area contributed by atoms with Gasteiger partial charge >= 0.3 is 0 Å². The minimum absolute atomic E-state index is 0.190. The predicted octanol–water partition coefficient (Wildman–Crippen LogP) is 5.59. The van der Waals surface area contributed by atoms with Crippen LogP contribution in [0.4, 0.5) is 5.69 Å². The molecule has 3 nitrogen and oxygen atoms in total. The molecule has 140 valence electrons. The fourth-order valence-corrected chi connectivity index (χ4v) is 3.68. The van der Waals surface area contributed by atoms with Crippen molar-refractivity contribution < 1.29 is 0 Å². The summed E-state index contributed by atoms with van der Waals surface area (Å²) in [5, 5.41) is 8.55. The van der Waals surface area contributed by atoms with E-state index >= 15 is 0 Å². The number of aromatic nitrogens is 1. The first-order chi connectivity index (χ1) is 13.7. The zero-order chi connectivity index (χ0) is 19.3. The van der Waals surface area contributed by atoms with Gasteiger partial charge in [-0.25, -0.2) is 0 Å². The van der Waals surface area contributed by atoms with Gasteiger partial charge in [-0.05, 0) is 48.5 Å². The van der Waals surface area contributed by atoms with Crippen LogP contribution in [0.25, 0.3) is 10.9 Å². The minimum atomic E-state index is 0.190. The number of para-hydroxylation sites is 1. The molecule has 0 aliphatic carbocycles. The number of rotatable bonds is 5. The molecule has 1 atom stereocenters. The van der Waals surface area contributed by atoms with E-state index in [1.54, 1.807) is 0 Å². The van der Waals surface area contributed by atoms with Gasteiger partial charge in [-0.2, -0.15) is 0 Å². The van der Waals surface area contributed by atoms with Crippen molar-refractivity contribution in [2.24, 2.45) is 0 Å². The smallest absolute Gasteiger partial charge is 0.170 e. The monoisotopic (exact) mass is 385 g/mol. The molecule has 0 fully saturated rings. The zero-order valence-corrected chi connectivity index (χ0v) is 16.6. The molecule has 28 heavy (non-hydrogen) atoms. The molecule has 0 radical (unpaired) electrons. The van der Waals surface area contributed by atoms with E-state index in [9.17, 15) is 0 Å². The predicted molar refractivity (Wildman–Crippen MR) is 122 cm³/mol. The van der Waals surface area contributed by atoms with E-state index in [4.69, 9.17) is 12.2 Å². The van der Waals surface area contributed by atoms with Crippen molar-refractivity contribution in [2.45, 2.75) is 12.8 Å². The second-order valence-corrected chi connectivity index (χ2v) is 7.36. The number of hydrogen-bond acceptors (Lipinski definition) is 1. The molecule has 4 heteroatoms. The molecule has 0 spiro atoms. The van der Waals surface area contributed by atoms with Crippen LogP contribution >= 0.6 is 12.2 Å². The van der Waals surface area contributed by atoms with Crippen molar-refractivity contribution in [3.05, 3.63) is 102 Å². The molecular formula is C24H23N3S. The lowest BCUT2D eigenvalue weighted by Gasteiger charge is -2.19. The van der Waals surface area contributed by atoms with E-state index in [1.165, 1.54) is 22.1 Å². The number of aromatic amines is 1. The summed E-state index contributed by atoms with van der Waals surface area (Å²) in [6.45, 7) is 2.79. The van der Waals surface area contributed by atoms with Gasteiger partial charge in [-0.3, -0.25) is 0 Å². The average molecular weight is 386 g/mol. The lowest BCUT2D eigenvalue weighted by Crippen LogP contribution is -2.32. The Morgan fingerprint density at radius 2 is 1.64 bits per heavy atom. The molecule has 3 N–H and O–H groups in total. The molecule has 0 saturated carbocycles. The lowest BCUT2D eigenvalue weighted by molar-refractivity contribution is 0.766. The third-order valence-corrected chi connectivity index (χ3v) is 5.22. The fourth-order valence-electron chi connectivity index (χ4n) is 3.48. The van der Waals surface area contributed by atoms with Gasteiger partial charge in [-0.15, -0.1) is 0 Å². The summed E-state index contributed by atoms with van der Waals surface area (Å²) >= 11 is 5.53. The first kappa shape index (κ1) is 18.3. The largest absolute Gasteiger partial charge is 0.361 e. The Morgan fingerprint density at radius 1 is 0.929 bits per heavy atom. The highest BCUT2D eigenvalue weighted by Gasteiger charge is 2.18. The molecule has 0 amide bonds. The van der Waals surface area contributed by atoms with Crippen molar-refractivity contribution in [2.75, 3.05) is 11.9 Å². The maximum atomic E-state index is 5.53. The molecule has 1 heterocycles. The van der Waals surface area contributed by atoms with Crippen molar-refractivity contribution in [1.29, 1.82) is 0 Å². The van der Waals surface area contributed by atoms with Gasteiger partial charge in [0, 0.05) is 35.2 Å². The SMILES string of the molecule is Cc1ccc(NC(=S)NC[C@@H](c2ccccc2)c2c[nH]c3ccccc23)cc1. The fraction of sp³-hybridized carbons (Fsp3) is 0.125. The molecule has 0 unspecified atom stereocenters. The normalized spacial score (nSPS) is 11.9. The molecule has 0 aliphatic heterocycles. The van der Waals surface area contributed by atoms with Crippen LogP contribution in [0.3, 0.4) is 0 Å². The van der Waals surface area contributed by atoms with Gasteiger partial charge in [0.25, 0.3) is 0 Å². The molecular weight excluding hydrogens is 362 g/mol. The Morgan fingerprint density at radius 3 is 2.43 bits per heavy atom. The van der Waals surface area contributed by atoms with E-state index in [-0.39, 0.29) is 5.92 Å². The highest BCUT2D eigenvalue weighted by atomic mass is 32.1. The van der Waals surface area contributed by atoms with Crippen LogP contribution < -0.4 is 10.6 Å². The van der Waals surface area contributed by atoms with E-state index in [2.05, 4.69) is 89.4 Å². The Hall–Kier alpha value is -3.11. The second-order valence-electron chi connectivity index (χ2n) is 6.95. The first-order valence-corrected chi connectivity index (χ1v) is 9.84. The first-order valence-electron chi connectivity index (χ1n) is 9.43. The number of thiocarbonyl (C=S) groups is 1. The number of anilines is 1. The third-order valence-electron chi connectivity index (χ3n) is 4.97. The maximum absolute atomic E-state index is 5.53. The summed E-state index contributed by atoms with van der Waals surface area (Å²) in [4.78, 5) is 3.39.